The van der Waals surface area contributed by atoms with Crippen molar-refractivity contribution in [1.29, 1.82) is 0 Å². The lowest BCUT2D eigenvalue weighted by Crippen LogP contribution is -2.03. The highest BCUT2D eigenvalue weighted by atomic mass is 35.5. The predicted molar refractivity (Wildman–Crippen MR) is 59.6 cm³/mol. The van der Waals surface area contributed by atoms with Crippen LogP contribution < -0.4 is 0 Å². The van der Waals surface area contributed by atoms with E-state index in [1.807, 2.05) is 0 Å². The van der Waals surface area contributed by atoms with Gasteiger partial charge in [0.05, 0.1) is 12.9 Å². The molecule has 0 radical (unpaired) electrons. The van der Waals surface area contributed by atoms with Gasteiger partial charge in [-0.15, -0.1) is 11.8 Å². The minimum Gasteiger partial charge on any atom is -0.468 e. The Morgan fingerprint density at radius 3 is 2.93 bits per heavy atom. The predicted octanol–water partition coefficient (Wildman–Crippen LogP) is 2.42. The molecule has 1 aromatic carbocycles. The number of methoxy groups -OCH3 is 1. The number of halogens is 1. The summed E-state index contributed by atoms with van der Waals surface area (Å²) in [5.41, 5.74) is 0.483. The Balaban J connectivity index is 2.76. The number of hydrogen-bond donors (Lipinski definition) is 0. The molecule has 15 heavy (non-hydrogen) atoms. The molecule has 0 atom stereocenters. The molecule has 0 amide bonds. The minimum atomic E-state index is -0.327. The number of benzene rings is 1. The fourth-order valence-electron chi connectivity index (χ4n) is 0.938. The van der Waals surface area contributed by atoms with Crippen molar-refractivity contribution in [3.63, 3.8) is 0 Å². The van der Waals surface area contributed by atoms with E-state index < -0.39 is 0 Å². The molecular formula is C10H9ClO3S. The van der Waals surface area contributed by atoms with Gasteiger partial charge in [0.1, 0.15) is 0 Å². The van der Waals surface area contributed by atoms with Gasteiger partial charge in [0.25, 0.3) is 0 Å². The van der Waals surface area contributed by atoms with Gasteiger partial charge < -0.3 is 4.74 Å². The summed E-state index contributed by atoms with van der Waals surface area (Å²) in [6, 6.07) is 4.95. The number of ether oxygens (including phenoxy) is 1. The standard InChI is InChI=1S/C10H9ClO3S/c1-14-10(13)6-15-9-3-2-8(11)4-7(9)5-12/h2-5H,6H2,1H3. The Morgan fingerprint density at radius 2 is 2.33 bits per heavy atom. The molecule has 0 unspecified atom stereocenters. The first-order chi connectivity index (χ1) is 7.17. The van der Waals surface area contributed by atoms with Crippen LogP contribution in [0.1, 0.15) is 10.4 Å². The van der Waals surface area contributed by atoms with E-state index in [4.69, 9.17) is 11.6 Å². The van der Waals surface area contributed by atoms with Gasteiger partial charge in [0.2, 0.25) is 0 Å². The van der Waals surface area contributed by atoms with E-state index in [0.717, 1.165) is 4.90 Å². The molecular weight excluding hydrogens is 236 g/mol. The third kappa shape index (κ3) is 3.57. The lowest BCUT2D eigenvalue weighted by molar-refractivity contribution is -0.137. The van der Waals surface area contributed by atoms with Gasteiger partial charge >= 0.3 is 5.97 Å². The molecule has 0 aromatic heterocycles. The van der Waals surface area contributed by atoms with Gasteiger partial charge in [-0.2, -0.15) is 0 Å². The Labute approximate surface area is 96.8 Å². The smallest absolute Gasteiger partial charge is 0.315 e. The number of hydrogen-bond acceptors (Lipinski definition) is 4. The van der Waals surface area contributed by atoms with Gasteiger partial charge in [-0.3, -0.25) is 9.59 Å². The first kappa shape index (κ1) is 12.1. The first-order valence-electron chi connectivity index (χ1n) is 4.11. The molecule has 0 fully saturated rings. The molecule has 1 aromatic rings. The molecule has 0 N–H and O–H groups in total. The third-order valence-corrected chi connectivity index (χ3v) is 2.97. The number of carbonyl (C=O) groups excluding carboxylic acids is 2. The molecule has 0 heterocycles. The molecule has 0 saturated carbocycles. The highest BCUT2D eigenvalue weighted by Crippen LogP contribution is 2.24. The Hall–Kier alpha value is -1.00. The summed E-state index contributed by atoms with van der Waals surface area (Å²) in [5, 5.41) is 0.500. The fourth-order valence-corrected chi connectivity index (χ4v) is 1.95. The van der Waals surface area contributed by atoms with Crippen LogP contribution >= 0.6 is 23.4 Å². The van der Waals surface area contributed by atoms with Crippen molar-refractivity contribution in [2.24, 2.45) is 0 Å². The van der Waals surface area contributed by atoms with Crippen molar-refractivity contribution in [3.05, 3.63) is 28.8 Å². The zero-order chi connectivity index (χ0) is 11.3. The lowest BCUT2D eigenvalue weighted by Gasteiger charge is -2.03. The number of esters is 1. The van der Waals surface area contributed by atoms with E-state index >= 15 is 0 Å². The summed E-state index contributed by atoms with van der Waals surface area (Å²) in [6.45, 7) is 0. The van der Waals surface area contributed by atoms with E-state index in [9.17, 15) is 9.59 Å². The molecule has 0 spiro atoms. The zero-order valence-corrected chi connectivity index (χ0v) is 9.60. The summed E-state index contributed by atoms with van der Waals surface area (Å²) in [5.74, 6) is -0.148. The van der Waals surface area contributed by atoms with Gasteiger partial charge in [-0.25, -0.2) is 0 Å². The largest absolute Gasteiger partial charge is 0.468 e. The molecule has 3 nitrogen and oxygen atoms in total. The van der Waals surface area contributed by atoms with Crippen molar-refractivity contribution >= 4 is 35.6 Å². The van der Waals surface area contributed by atoms with Crippen LogP contribution in [0.25, 0.3) is 0 Å². The molecule has 0 aliphatic heterocycles. The van der Waals surface area contributed by atoms with Gasteiger partial charge in [0.15, 0.2) is 6.29 Å². The maximum atomic E-state index is 10.9. The van der Waals surface area contributed by atoms with Gasteiger partial charge in [-0.1, -0.05) is 11.6 Å². The summed E-state index contributed by atoms with van der Waals surface area (Å²) < 4.78 is 4.50. The van der Waals surface area contributed by atoms with Crippen LogP contribution in [0.3, 0.4) is 0 Å². The summed E-state index contributed by atoms with van der Waals surface area (Å²) in [4.78, 5) is 22.3. The molecule has 80 valence electrons. The van der Waals surface area contributed by atoms with E-state index in [1.165, 1.54) is 18.9 Å². The first-order valence-corrected chi connectivity index (χ1v) is 5.48. The molecule has 5 heteroatoms. The second kappa shape index (κ2) is 5.78. The Kier molecular flexibility index (Phi) is 4.65. The van der Waals surface area contributed by atoms with Crippen LogP contribution in [0.4, 0.5) is 0 Å². The monoisotopic (exact) mass is 244 g/mol. The van der Waals surface area contributed by atoms with Crippen LogP contribution in [0, 0.1) is 0 Å². The van der Waals surface area contributed by atoms with Gasteiger partial charge in [0, 0.05) is 15.5 Å². The fraction of sp³-hybridized carbons (Fsp3) is 0.200. The van der Waals surface area contributed by atoms with E-state index in [-0.39, 0.29) is 11.7 Å². The van der Waals surface area contributed by atoms with Crippen LogP contribution in [0.5, 0.6) is 0 Å². The summed E-state index contributed by atoms with van der Waals surface area (Å²) in [6.07, 6.45) is 0.714. The summed E-state index contributed by atoms with van der Waals surface area (Å²) in [7, 11) is 1.32. The van der Waals surface area contributed by atoms with Crippen LogP contribution in [-0.2, 0) is 9.53 Å². The van der Waals surface area contributed by atoms with Gasteiger partial charge in [-0.05, 0) is 18.2 Å². The van der Waals surface area contributed by atoms with Crippen LogP contribution in [-0.4, -0.2) is 25.1 Å². The SMILES string of the molecule is COC(=O)CSc1ccc(Cl)cc1C=O. The molecule has 0 saturated heterocycles. The Morgan fingerprint density at radius 1 is 1.60 bits per heavy atom. The maximum Gasteiger partial charge on any atom is 0.315 e. The van der Waals surface area contributed by atoms with Crippen molar-refractivity contribution < 1.29 is 14.3 Å². The number of carbonyl (C=O) groups is 2. The van der Waals surface area contributed by atoms with Crippen molar-refractivity contribution in [2.45, 2.75) is 4.90 Å². The molecule has 0 aliphatic carbocycles. The number of rotatable bonds is 4. The maximum absolute atomic E-state index is 10.9. The number of aldehydes is 1. The quantitative estimate of drug-likeness (QED) is 0.464. The van der Waals surface area contributed by atoms with Crippen molar-refractivity contribution in [3.8, 4) is 0 Å². The highest BCUT2D eigenvalue weighted by molar-refractivity contribution is 8.00. The topological polar surface area (TPSA) is 43.4 Å². The lowest BCUT2D eigenvalue weighted by atomic mass is 10.2. The average molecular weight is 245 g/mol. The van der Waals surface area contributed by atoms with E-state index in [0.29, 0.717) is 16.9 Å². The summed E-state index contributed by atoms with van der Waals surface area (Å²) >= 11 is 6.97. The van der Waals surface area contributed by atoms with Crippen LogP contribution in [0.2, 0.25) is 5.02 Å². The Bertz CT molecular complexity index is 379. The highest BCUT2D eigenvalue weighted by Gasteiger charge is 2.06. The number of thioether (sulfide) groups is 1. The minimum absolute atomic E-state index is 0.180. The molecule has 0 aliphatic rings. The van der Waals surface area contributed by atoms with Crippen molar-refractivity contribution in [2.75, 3.05) is 12.9 Å². The second-order valence-electron chi connectivity index (χ2n) is 2.66. The molecule has 0 bridgehead atoms. The van der Waals surface area contributed by atoms with E-state index in [2.05, 4.69) is 4.74 Å². The van der Waals surface area contributed by atoms with Crippen molar-refractivity contribution in [1.82, 2.24) is 0 Å². The second-order valence-corrected chi connectivity index (χ2v) is 4.12. The average Bonchev–Trinajstić information content (AvgIpc) is 2.26. The molecule has 1 rings (SSSR count). The zero-order valence-electron chi connectivity index (χ0n) is 8.03. The van der Waals surface area contributed by atoms with E-state index in [1.54, 1.807) is 18.2 Å². The normalized spacial score (nSPS) is 9.73. The van der Waals surface area contributed by atoms with Crippen LogP contribution in [0.15, 0.2) is 23.1 Å². The third-order valence-electron chi connectivity index (χ3n) is 1.67.